The van der Waals surface area contributed by atoms with Gasteiger partial charge in [0.2, 0.25) is 0 Å². The maximum Gasteiger partial charge on any atom is 0.159 e. The number of hydrogen-bond acceptors (Lipinski definition) is 3. The van der Waals surface area contributed by atoms with Crippen LogP contribution in [0.1, 0.15) is 116 Å². The fourth-order valence-electron chi connectivity index (χ4n) is 4.38. The summed E-state index contributed by atoms with van der Waals surface area (Å²) >= 11 is 0. The van der Waals surface area contributed by atoms with Gasteiger partial charge < -0.3 is 4.74 Å². The summed E-state index contributed by atoms with van der Waals surface area (Å²) in [6.07, 6.45) is 18.4. The monoisotopic (exact) mass is 502 g/mol. The molecule has 0 aliphatic heterocycles. The van der Waals surface area contributed by atoms with Gasteiger partial charge in [0, 0.05) is 5.56 Å². The maximum absolute atomic E-state index is 14.0. The van der Waals surface area contributed by atoms with E-state index in [1.807, 2.05) is 6.92 Å². The van der Waals surface area contributed by atoms with E-state index in [-0.39, 0.29) is 19.4 Å². The van der Waals surface area contributed by atoms with Gasteiger partial charge in [0.05, 0.1) is 12.4 Å². The van der Waals surface area contributed by atoms with Crippen molar-refractivity contribution in [2.45, 2.75) is 129 Å². The number of hydrogen-bond donors (Lipinski definition) is 0. The molecule has 0 saturated heterocycles. The Bertz CT molecular complexity index is 782. The van der Waals surface area contributed by atoms with Gasteiger partial charge in [-0.2, -0.15) is 0 Å². The summed E-state index contributed by atoms with van der Waals surface area (Å²) < 4.78 is 33.2. The van der Waals surface area contributed by atoms with E-state index in [2.05, 4.69) is 41.2 Å². The molecule has 0 aliphatic rings. The van der Waals surface area contributed by atoms with Gasteiger partial charge in [-0.25, -0.2) is 18.7 Å². The van der Waals surface area contributed by atoms with Crippen LogP contribution in [0.4, 0.5) is 8.78 Å². The van der Waals surface area contributed by atoms with Crippen molar-refractivity contribution in [3.8, 4) is 17.1 Å². The van der Waals surface area contributed by atoms with Crippen molar-refractivity contribution in [2.75, 3.05) is 6.61 Å². The predicted octanol–water partition coefficient (Wildman–Crippen LogP) is 9.63. The number of alkyl halides is 2. The summed E-state index contributed by atoms with van der Waals surface area (Å²) in [4.78, 5) is 8.75. The third-order valence-electron chi connectivity index (χ3n) is 6.75. The van der Waals surface area contributed by atoms with Crippen molar-refractivity contribution in [1.29, 1.82) is 0 Å². The third kappa shape index (κ3) is 13.3. The van der Waals surface area contributed by atoms with Gasteiger partial charge in [0.1, 0.15) is 19.0 Å². The number of rotatable bonds is 21. The smallest absolute Gasteiger partial charge is 0.159 e. The standard InChI is InChI=1S/C31H48F2N2O/c1-3-5-7-8-9-10-11-12-13-14-15-26-17-19-27(20-18-26)31-34-23-30(24-35-31)36-25-29(33)22-21-28(32)16-6-4-2/h17-20,23-24,28-29H,3-16,21-22,25H2,1-2H3. The van der Waals surface area contributed by atoms with E-state index < -0.39 is 12.3 Å². The number of aromatic nitrogens is 2. The van der Waals surface area contributed by atoms with Gasteiger partial charge in [-0.1, -0.05) is 109 Å². The molecule has 0 N–H and O–H groups in total. The van der Waals surface area contributed by atoms with Gasteiger partial charge in [-0.05, 0) is 37.7 Å². The fraction of sp³-hybridized carbons (Fsp3) is 0.677. The SMILES string of the molecule is CCCCCCCCCCCCc1ccc(-c2ncc(OCC(F)CCC(F)CCCC)cn2)cc1. The Kier molecular flexibility index (Phi) is 16.0. The normalized spacial score (nSPS) is 13.0. The molecule has 2 aromatic rings. The molecule has 0 saturated carbocycles. The van der Waals surface area contributed by atoms with Crippen molar-refractivity contribution in [3.05, 3.63) is 42.2 Å². The van der Waals surface area contributed by atoms with Gasteiger partial charge in [-0.15, -0.1) is 0 Å². The van der Waals surface area contributed by atoms with Crippen LogP contribution < -0.4 is 4.74 Å². The minimum absolute atomic E-state index is 0.100. The molecular formula is C31H48F2N2O. The molecule has 3 nitrogen and oxygen atoms in total. The molecule has 2 atom stereocenters. The Morgan fingerprint density at radius 2 is 1.22 bits per heavy atom. The average Bonchev–Trinajstić information content (AvgIpc) is 2.91. The molecule has 0 spiro atoms. The summed E-state index contributed by atoms with van der Waals surface area (Å²) in [5.74, 6) is 1.06. The zero-order valence-corrected chi connectivity index (χ0v) is 22.7. The van der Waals surface area contributed by atoms with Crippen LogP contribution >= 0.6 is 0 Å². The van der Waals surface area contributed by atoms with Crippen LogP contribution in [0.15, 0.2) is 36.7 Å². The van der Waals surface area contributed by atoms with Crippen LogP contribution in [0.3, 0.4) is 0 Å². The van der Waals surface area contributed by atoms with Crippen LogP contribution in [0.5, 0.6) is 5.75 Å². The molecule has 202 valence electrons. The molecule has 2 rings (SSSR count). The predicted molar refractivity (Wildman–Crippen MR) is 147 cm³/mol. The van der Waals surface area contributed by atoms with Gasteiger partial charge in [0.15, 0.2) is 11.6 Å². The van der Waals surface area contributed by atoms with Crippen molar-refractivity contribution in [1.82, 2.24) is 9.97 Å². The second-order valence-corrected chi connectivity index (χ2v) is 10.1. The highest BCUT2D eigenvalue weighted by molar-refractivity contribution is 5.55. The van der Waals surface area contributed by atoms with Crippen molar-refractivity contribution in [2.24, 2.45) is 0 Å². The van der Waals surface area contributed by atoms with Gasteiger partial charge >= 0.3 is 0 Å². The minimum atomic E-state index is -1.19. The fourth-order valence-corrected chi connectivity index (χ4v) is 4.38. The molecule has 5 heteroatoms. The van der Waals surface area contributed by atoms with Crippen molar-refractivity contribution >= 4 is 0 Å². The summed E-state index contributed by atoms with van der Waals surface area (Å²) in [7, 11) is 0. The third-order valence-corrected chi connectivity index (χ3v) is 6.75. The minimum Gasteiger partial charge on any atom is -0.487 e. The maximum atomic E-state index is 14.0. The largest absolute Gasteiger partial charge is 0.487 e. The lowest BCUT2D eigenvalue weighted by molar-refractivity contribution is 0.167. The first-order chi connectivity index (χ1) is 17.6. The first kappa shape index (κ1) is 30.2. The van der Waals surface area contributed by atoms with Crippen LogP contribution in [-0.4, -0.2) is 28.9 Å². The number of nitrogens with zero attached hydrogens (tertiary/aromatic N) is 2. The van der Waals surface area contributed by atoms with E-state index in [1.165, 1.54) is 69.8 Å². The topological polar surface area (TPSA) is 35.0 Å². The molecular weight excluding hydrogens is 454 g/mol. The quantitative estimate of drug-likeness (QED) is 0.159. The molecule has 36 heavy (non-hydrogen) atoms. The van der Waals surface area contributed by atoms with Crippen LogP contribution in [-0.2, 0) is 6.42 Å². The first-order valence-corrected chi connectivity index (χ1v) is 14.4. The summed E-state index contributed by atoms with van der Waals surface area (Å²) in [6.45, 7) is 4.19. The van der Waals surface area contributed by atoms with Crippen LogP contribution in [0.25, 0.3) is 11.4 Å². The zero-order valence-electron chi connectivity index (χ0n) is 22.7. The Hall–Kier alpha value is -2.04. The number of halogens is 2. The second kappa shape index (κ2) is 19.1. The molecule has 1 heterocycles. The molecule has 0 bridgehead atoms. The highest BCUT2D eigenvalue weighted by Gasteiger charge is 2.13. The average molecular weight is 503 g/mol. The Balaban J connectivity index is 1.62. The summed E-state index contributed by atoms with van der Waals surface area (Å²) in [5, 5.41) is 0. The molecule has 2 unspecified atom stereocenters. The molecule has 1 aromatic carbocycles. The van der Waals surface area contributed by atoms with E-state index in [1.54, 1.807) is 12.4 Å². The van der Waals surface area contributed by atoms with Crippen molar-refractivity contribution in [3.63, 3.8) is 0 Å². The Morgan fingerprint density at radius 3 is 1.83 bits per heavy atom. The first-order valence-electron chi connectivity index (χ1n) is 14.4. The van der Waals surface area contributed by atoms with Crippen molar-refractivity contribution < 1.29 is 13.5 Å². The second-order valence-electron chi connectivity index (χ2n) is 10.1. The highest BCUT2D eigenvalue weighted by atomic mass is 19.1. The molecule has 0 fully saturated rings. The van der Waals surface area contributed by atoms with Crippen LogP contribution in [0, 0.1) is 0 Å². The molecule has 0 amide bonds. The number of unbranched alkanes of at least 4 members (excludes halogenated alkanes) is 10. The lowest BCUT2D eigenvalue weighted by Crippen LogP contribution is -2.15. The number of ether oxygens (including phenoxy) is 1. The lowest BCUT2D eigenvalue weighted by Gasteiger charge is -2.12. The van der Waals surface area contributed by atoms with E-state index in [0.29, 0.717) is 18.0 Å². The summed E-state index contributed by atoms with van der Waals surface area (Å²) in [6, 6.07) is 8.43. The Labute approximate surface area is 218 Å². The lowest BCUT2D eigenvalue weighted by atomic mass is 10.0. The van der Waals surface area contributed by atoms with E-state index in [0.717, 1.165) is 24.8 Å². The summed E-state index contributed by atoms with van der Waals surface area (Å²) in [5.41, 5.74) is 2.30. The zero-order chi connectivity index (χ0) is 25.8. The van der Waals surface area contributed by atoms with E-state index in [9.17, 15) is 8.78 Å². The van der Waals surface area contributed by atoms with E-state index in [4.69, 9.17) is 4.74 Å². The number of aryl methyl sites for hydroxylation is 1. The highest BCUT2D eigenvalue weighted by Crippen LogP contribution is 2.20. The molecule has 0 radical (unpaired) electrons. The van der Waals surface area contributed by atoms with Crippen LogP contribution in [0.2, 0.25) is 0 Å². The van der Waals surface area contributed by atoms with E-state index >= 15 is 0 Å². The van der Waals surface area contributed by atoms with Gasteiger partial charge in [-0.3, -0.25) is 0 Å². The number of benzene rings is 1. The van der Waals surface area contributed by atoms with Gasteiger partial charge in [0.25, 0.3) is 0 Å². The molecule has 0 aliphatic carbocycles. The Morgan fingerprint density at radius 1 is 0.667 bits per heavy atom. The molecule has 1 aromatic heterocycles.